The van der Waals surface area contributed by atoms with E-state index in [2.05, 4.69) is 10.4 Å². The van der Waals surface area contributed by atoms with Crippen LogP contribution in [-0.4, -0.2) is 15.7 Å². The van der Waals surface area contributed by atoms with Gasteiger partial charge in [-0.3, -0.25) is 9.48 Å². The largest absolute Gasteiger partial charge is 0.489 e. The van der Waals surface area contributed by atoms with Gasteiger partial charge in [0.05, 0.1) is 11.6 Å². The molecule has 1 amide bonds. The molecule has 27 heavy (non-hydrogen) atoms. The Morgan fingerprint density at radius 1 is 1.19 bits per heavy atom. The van der Waals surface area contributed by atoms with Crippen LogP contribution >= 0.6 is 23.2 Å². The molecule has 7 heteroatoms. The van der Waals surface area contributed by atoms with Crippen molar-refractivity contribution in [1.82, 2.24) is 15.1 Å². The van der Waals surface area contributed by atoms with Crippen molar-refractivity contribution in [3.05, 3.63) is 81.6 Å². The number of aryl methyl sites for hydroxylation is 1. The number of rotatable bonds is 7. The summed E-state index contributed by atoms with van der Waals surface area (Å²) in [5.41, 5.74) is 2.08. The molecule has 3 rings (SSSR count). The lowest BCUT2D eigenvalue weighted by atomic mass is 10.1. The number of ether oxygens (including phenoxy) is 1. The number of hydrogen-bond donors (Lipinski definition) is 1. The number of amides is 1. The first-order valence-corrected chi connectivity index (χ1v) is 9.28. The molecule has 1 N–H and O–H groups in total. The van der Waals surface area contributed by atoms with Gasteiger partial charge in [0, 0.05) is 23.3 Å². The number of hydrogen-bond acceptors (Lipinski definition) is 3. The molecule has 0 unspecified atom stereocenters. The molecule has 0 fully saturated rings. The van der Waals surface area contributed by atoms with Crippen molar-refractivity contribution in [3.8, 4) is 5.75 Å². The molecule has 0 saturated carbocycles. The second kappa shape index (κ2) is 8.93. The third kappa shape index (κ3) is 5.25. The lowest BCUT2D eigenvalue weighted by Gasteiger charge is -2.09. The summed E-state index contributed by atoms with van der Waals surface area (Å²) < 4.78 is 7.46. The van der Waals surface area contributed by atoms with Crippen LogP contribution in [0, 0.1) is 0 Å². The van der Waals surface area contributed by atoms with E-state index in [1.165, 1.54) is 0 Å². The van der Waals surface area contributed by atoms with Crippen LogP contribution in [0.4, 0.5) is 0 Å². The van der Waals surface area contributed by atoms with Crippen LogP contribution < -0.4 is 10.1 Å². The van der Waals surface area contributed by atoms with Crippen LogP contribution in [-0.2, 0) is 19.7 Å². The third-order valence-corrected chi connectivity index (χ3v) is 4.47. The highest BCUT2D eigenvalue weighted by atomic mass is 35.5. The molecule has 0 aliphatic rings. The Hall–Kier alpha value is -2.50. The molecule has 1 aromatic heterocycles. The summed E-state index contributed by atoms with van der Waals surface area (Å²) in [4.78, 5) is 12.4. The van der Waals surface area contributed by atoms with Gasteiger partial charge in [0.25, 0.3) is 5.91 Å². The van der Waals surface area contributed by atoms with Crippen LogP contribution in [0.2, 0.25) is 10.0 Å². The fourth-order valence-electron chi connectivity index (χ4n) is 2.51. The summed E-state index contributed by atoms with van der Waals surface area (Å²) in [7, 11) is 0. The van der Waals surface area contributed by atoms with E-state index in [0.29, 0.717) is 33.7 Å². The highest BCUT2D eigenvalue weighted by molar-refractivity contribution is 6.31. The molecule has 0 aliphatic heterocycles. The van der Waals surface area contributed by atoms with Crippen LogP contribution in [0.25, 0.3) is 0 Å². The Morgan fingerprint density at radius 3 is 2.74 bits per heavy atom. The molecule has 140 valence electrons. The van der Waals surface area contributed by atoms with Gasteiger partial charge in [-0.15, -0.1) is 0 Å². The predicted molar refractivity (Wildman–Crippen MR) is 106 cm³/mol. The van der Waals surface area contributed by atoms with Crippen LogP contribution in [0.15, 0.2) is 54.7 Å². The molecule has 1 heterocycles. The highest BCUT2D eigenvalue weighted by Crippen LogP contribution is 2.19. The SMILES string of the molecule is CCn1cc(Cl)c(CNC(=O)c2cccc(COc3cccc(Cl)c3)c2)n1. The van der Waals surface area contributed by atoms with Gasteiger partial charge in [0.2, 0.25) is 0 Å². The maximum absolute atomic E-state index is 12.4. The Kier molecular flexibility index (Phi) is 6.37. The minimum absolute atomic E-state index is 0.193. The number of nitrogens with zero attached hydrogens (tertiary/aromatic N) is 2. The summed E-state index contributed by atoms with van der Waals surface area (Å²) >= 11 is 12.1. The summed E-state index contributed by atoms with van der Waals surface area (Å²) in [6.07, 6.45) is 1.75. The van der Waals surface area contributed by atoms with E-state index < -0.39 is 0 Å². The Morgan fingerprint density at radius 2 is 2.00 bits per heavy atom. The smallest absolute Gasteiger partial charge is 0.251 e. The minimum Gasteiger partial charge on any atom is -0.489 e. The number of carbonyl (C=O) groups is 1. The highest BCUT2D eigenvalue weighted by Gasteiger charge is 2.10. The van der Waals surface area contributed by atoms with E-state index in [4.69, 9.17) is 27.9 Å². The molecular formula is C20H19Cl2N3O2. The standard InChI is InChI=1S/C20H19Cl2N3O2/c1-2-25-12-18(22)19(24-25)11-23-20(26)15-6-3-5-14(9-15)13-27-17-8-4-7-16(21)10-17/h3-10,12H,2,11,13H2,1H3,(H,23,26). The van der Waals surface area contributed by atoms with E-state index in [1.807, 2.05) is 31.2 Å². The van der Waals surface area contributed by atoms with Crippen molar-refractivity contribution in [1.29, 1.82) is 0 Å². The van der Waals surface area contributed by atoms with E-state index >= 15 is 0 Å². The van der Waals surface area contributed by atoms with Crippen LogP contribution in [0.3, 0.4) is 0 Å². The van der Waals surface area contributed by atoms with Gasteiger partial charge in [-0.2, -0.15) is 5.10 Å². The molecule has 5 nitrogen and oxygen atoms in total. The van der Waals surface area contributed by atoms with Crippen molar-refractivity contribution in [2.45, 2.75) is 26.6 Å². The average Bonchev–Trinajstić information content (AvgIpc) is 3.04. The average molecular weight is 404 g/mol. The van der Waals surface area contributed by atoms with Crippen LogP contribution in [0.5, 0.6) is 5.75 Å². The first kappa shape index (κ1) is 19.3. The van der Waals surface area contributed by atoms with Crippen molar-refractivity contribution in [2.75, 3.05) is 0 Å². The predicted octanol–water partition coefficient (Wildman–Crippen LogP) is 4.72. The zero-order valence-corrected chi connectivity index (χ0v) is 16.3. The van der Waals surface area contributed by atoms with Crippen molar-refractivity contribution in [3.63, 3.8) is 0 Å². The van der Waals surface area contributed by atoms with E-state index in [0.717, 1.165) is 12.1 Å². The van der Waals surface area contributed by atoms with Crippen molar-refractivity contribution < 1.29 is 9.53 Å². The lowest BCUT2D eigenvalue weighted by molar-refractivity contribution is 0.0950. The van der Waals surface area contributed by atoms with Crippen LogP contribution in [0.1, 0.15) is 28.5 Å². The molecule has 3 aromatic rings. The first-order valence-electron chi connectivity index (χ1n) is 8.52. The second-order valence-electron chi connectivity index (χ2n) is 5.91. The topological polar surface area (TPSA) is 56.2 Å². The summed E-state index contributed by atoms with van der Waals surface area (Å²) in [6, 6.07) is 14.5. The fourth-order valence-corrected chi connectivity index (χ4v) is 2.91. The molecule has 0 bridgehead atoms. The zero-order chi connectivity index (χ0) is 19.2. The van der Waals surface area contributed by atoms with E-state index in [1.54, 1.807) is 35.1 Å². The molecule has 0 saturated heterocycles. The van der Waals surface area contributed by atoms with E-state index in [9.17, 15) is 4.79 Å². The van der Waals surface area contributed by atoms with Gasteiger partial charge < -0.3 is 10.1 Å². The fraction of sp³-hybridized carbons (Fsp3) is 0.200. The van der Waals surface area contributed by atoms with Gasteiger partial charge in [0.15, 0.2) is 0 Å². The Balaban J connectivity index is 1.60. The molecule has 2 aromatic carbocycles. The van der Waals surface area contributed by atoms with Gasteiger partial charge in [-0.1, -0.05) is 41.4 Å². The lowest BCUT2D eigenvalue weighted by Crippen LogP contribution is -2.23. The molecular weight excluding hydrogens is 385 g/mol. The van der Waals surface area contributed by atoms with E-state index in [-0.39, 0.29) is 12.5 Å². The molecule has 0 radical (unpaired) electrons. The summed E-state index contributed by atoms with van der Waals surface area (Å²) in [6.45, 7) is 3.31. The summed E-state index contributed by atoms with van der Waals surface area (Å²) in [5.74, 6) is 0.486. The Labute approximate surface area is 167 Å². The second-order valence-corrected chi connectivity index (χ2v) is 6.75. The normalized spacial score (nSPS) is 10.6. The number of carbonyl (C=O) groups excluding carboxylic acids is 1. The first-order chi connectivity index (χ1) is 13.0. The molecule has 0 atom stereocenters. The number of nitrogens with one attached hydrogen (secondary N) is 1. The minimum atomic E-state index is -0.193. The third-order valence-electron chi connectivity index (χ3n) is 3.92. The maximum atomic E-state index is 12.4. The van der Waals surface area contributed by atoms with Gasteiger partial charge in [-0.25, -0.2) is 0 Å². The number of halogens is 2. The maximum Gasteiger partial charge on any atom is 0.251 e. The van der Waals surface area contributed by atoms with Gasteiger partial charge >= 0.3 is 0 Å². The van der Waals surface area contributed by atoms with Crippen molar-refractivity contribution in [2.24, 2.45) is 0 Å². The van der Waals surface area contributed by atoms with Gasteiger partial charge in [-0.05, 0) is 42.8 Å². The zero-order valence-electron chi connectivity index (χ0n) is 14.8. The molecule has 0 spiro atoms. The Bertz CT molecular complexity index is 940. The summed E-state index contributed by atoms with van der Waals surface area (Å²) in [5, 5.41) is 8.32. The monoisotopic (exact) mass is 403 g/mol. The number of benzene rings is 2. The van der Waals surface area contributed by atoms with Crippen molar-refractivity contribution >= 4 is 29.1 Å². The molecule has 0 aliphatic carbocycles. The quantitative estimate of drug-likeness (QED) is 0.620. The number of aromatic nitrogens is 2. The van der Waals surface area contributed by atoms with Gasteiger partial charge in [0.1, 0.15) is 18.1 Å².